The van der Waals surface area contributed by atoms with Gasteiger partial charge in [-0.3, -0.25) is 0 Å². The van der Waals surface area contributed by atoms with Crippen LogP contribution in [0.4, 0.5) is 0 Å². The van der Waals surface area contributed by atoms with E-state index in [1.165, 1.54) is 0 Å². The molecule has 0 aliphatic carbocycles. The van der Waals surface area contributed by atoms with E-state index in [-0.39, 0.29) is 13.4 Å². The molecule has 1 N–H and O–H groups in total. The third kappa shape index (κ3) is 5.31. The van der Waals surface area contributed by atoms with E-state index in [9.17, 15) is 0 Å². The Balaban J connectivity index is 1.39. The van der Waals surface area contributed by atoms with E-state index in [1.807, 2.05) is 36.4 Å². The molecule has 0 saturated heterocycles. The van der Waals surface area contributed by atoms with E-state index in [2.05, 4.69) is 5.32 Å². The number of nitrogens with one attached hydrogen (secondary N) is 1. The Morgan fingerprint density at radius 2 is 1.68 bits per heavy atom. The first kappa shape index (κ1) is 21.9. The lowest BCUT2D eigenvalue weighted by atomic mass is 10.1. The van der Waals surface area contributed by atoms with Gasteiger partial charge in [0.1, 0.15) is 6.61 Å². The van der Waals surface area contributed by atoms with Crippen molar-refractivity contribution in [2.45, 2.75) is 19.7 Å². The van der Waals surface area contributed by atoms with Crippen molar-refractivity contribution < 1.29 is 18.9 Å². The number of halogens is 3. The molecule has 1 aliphatic heterocycles. The van der Waals surface area contributed by atoms with Crippen LogP contribution in [-0.2, 0) is 19.7 Å². The monoisotopic (exact) mass is 479 g/mol. The highest BCUT2D eigenvalue weighted by molar-refractivity contribution is 6.35. The Hall–Kier alpha value is -2.31. The van der Waals surface area contributed by atoms with Crippen LogP contribution in [0.5, 0.6) is 23.0 Å². The van der Waals surface area contributed by atoms with Crippen LogP contribution in [0.1, 0.15) is 16.7 Å². The molecule has 1 aliphatic rings. The van der Waals surface area contributed by atoms with Crippen molar-refractivity contribution in [1.29, 1.82) is 0 Å². The second-order valence-corrected chi connectivity index (χ2v) is 8.18. The summed E-state index contributed by atoms with van der Waals surface area (Å²) in [6.45, 7) is 1.79. The summed E-state index contributed by atoms with van der Waals surface area (Å²) in [4.78, 5) is 0. The first-order valence-corrected chi connectivity index (χ1v) is 10.7. The number of ether oxygens (including phenoxy) is 4. The molecule has 8 heteroatoms. The van der Waals surface area contributed by atoms with E-state index in [0.717, 1.165) is 28.2 Å². The lowest BCUT2D eigenvalue weighted by Gasteiger charge is -2.15. The molecule has 5 nitrogen and oxygen atoms in total. The van der Waals surface area contributed by atoms with Gasteiger partial charge in [-0.2, -0.15) is 0 Å². The average molecular weight is 481 g/mol. The highest BCUT2D eigenvalue weighted by atomic mass is 35.5. The van der Waals surface area contributed by atoms with Crippen molar-refractivity contribution in [2.24, 2.45) is 0 Å². The third-order valence-electron chi connectivity index (χ3n) is 4.77. The molecular formula is C23H20Cl3NO4. The molecule has 0 aromatic heterocycles. The summed E-state index contributed by atoms with van der Waals surface area (Å²) >= 11 is 18.7. The second-order valence-electron chi connectivity index (χ2n) is 6.92. The normalized spacial score (nSPS) is 12.1. The zero-order valence-electron chi connectivity index (χ0n) is 16.7. The van der Waals surface area contributed by atoms with Gasteiger partial charge in [0.25, 0.3) is 0 Å². The third-order valence-corrected chi connectivity index (χ3v) is 5.64. The van der Waals surface area contributed by atoms with Crippen molar-refractivity contribution in [1.82, 2.24) is 5.32 Å². The molecule has 162 valence electrons. The van der Waals surface area contributed by atoms with Gasteiger partial charge in [0.2, 0.25) is 6.79 Å². The van der Waals surface area contributed by atoms with Crippen LogP contribution in [-0.4, -0.2) is 13.9 Å². The second kappa shape index (κ2) is 9.88. The number of hydrogen-bond donors (Lipinski definition) is 1. The molecule has 0 fully saturated rings. The molecule has 0 saturated carbocycles. The number of fused-ring (bicyclic) bond motifs is 1. The van der Waals surface area contributed by atoms with Gasteiger partial charge in [-0.1, -0.05) is 46.9 Å². The molecule has 3 aromatic rings. The van der Waals surface area contributed by atoms with Crippen LogP contribution < -0.4 is 24.3 Å². The van der Waals surface area contributed by atoms with Crippen LogP contribution >= 0.6 is 34.8 Å². The minimum Gasteiger partial charge on any atom is -0.493 e. The van der Waals surface area contributed by atoms with Crippen molar-refractivity contribution >= 4 is 34.8 Å². The lowest BCUT2D eigenvalue weighted by Crippen LogP contribution is -2.13. The minimum atomic E-state index is 0.244. The Morgan fingerprint density at radius 3 is 2.48 bits per heavy atom. The van der Waals surface area contributed by atoms with Crippen LogP contribution in [0, 0.1) is 0 Å². The standard InChI is InChI=1S/C23H20Cl3NO4/c1-28-22-8-15(11-27-10-14-2-5-20-21(7-14)31-13-30-20)6-19(26)23(22)29-12-16-3-4-17(24)9-18(16)25/h2-9,27H,10-13H2,1H3. The molecular weight excluding hydrogens is 461 g/mol. The maximum absolute atomic E-state index is 6.49. The first-order chi connectivity index (χ1) is 15.0. The molecule has 0 amide bonds. The van der Waals surface area contributed by atoms with Gasteiger partial charge in [-0.15, -0.1) is 0 Å². The quantitative estimate of drug-likeness (QED) is 0.413. The van der Waals surface area contributed by atoms with Crippen molar-refractivity contribution in [3.05, 3.63) is 80.3 Å². The van der Waals surface area contributed by atoms with Gasteiger partial charge < -0.3 is 24.3 Å². The average Bonchev–Trinajstić information content (AvgIpc) is 3.21. The molecule has 1 heterocycles. The van der Waals surface area contributed by atoms with Crippen LogP contribution in [0.2, 0.25) is 15.1 Å². The predicted molar refractivity (Wildman–Crippen MR) is 122 cm³/mol. The van der Waals surface area contributed by atoms with Gasteiger partial charge in [-0.05, 0) is 47.5 Å². The van der Waals surface area contributed by atoms with Crippen LogP contribution in [0.15, 0.2) is 48.5 Å². The Labute approximate surface area is 195 Å². The first-order valence-electron chi connectivity index (χ1n) is 9.56. The highest BCUT2D eigenvalue weighted by Crippen LogP contribution is 2.37. The summed E-state index contributed by atoms with van der Waals surface area (Å²) < 4.78 is 22.2. The largest absolute Gasteiger partial charge is 0.493 e. The fourth-order valence-corrected chi connectivity index (χ4v) is 3.96. The molecule has 0 spiro atoms. The molecule has 4 rings (SSSR count). The van der Waals surface area contributed by atoms with Crippen molar-refractivity contribution in [2.75, 3.05) is 13.9 Å². The smallest absolute Gasteiger partial charge is 0.231 e. The Morgan fingerprint density at radius 1 is 0.871 bits per heavy atom. The summed E-state index contributed by atoms with van der Waals surface area (Å²) in [7, 11) is 1.58. The number of rotatable bonds is 8. The highest BCUT2D eigenvalue weighted by Gasteiger charge is 2.15. The lowest BCUT2D eigenvalue weighted by molar-refractivity contribution is 0.174. The molecule has 31 heavy (non-hydrogen) atoms. The van der Waals surface area contributed by atoms with Gasteiger partial charge >= 0.3 is 0 Å². The molecule has 0 bridgehead atoms. The Kier molecular flexibility index (Phi) is 6.98. The topological polar surface area (TPSA) is 49.0 Å². The zero-order chi connectivity index (χ0) is 21.8. The van der Waals surface area contributed by atoms with E-state index in [1.54, 1.807) is 19.2 Å². The maximum Gasteiger partial charge on any atom is 0.231 e. The Bertz CT molecular complexity index is 1090. The van der Waals surface area contributed by atoms with Crippen molar-refractivity contribution in [3.63, 3.8) is 0 Å². The summed E-state index contributed by atoms with van der Waals surface area (Å²) in [5.74, 6) is 2.56. The van der Waals surface area contributed by atoms with Gasteiger partial charge in [0, 0.05) is 28.7 Å². The van der Waals surface area contributed by atoms with E-state index < -0.39 is 0 Å². The van der Waals surface area contributed by atoms with Gasteiger partial charge in [-0.25, -0.2) is 0 Å². The van der Waals surface area contributed by atoms with Gasteiger partial charge in [0.15, 0.2) is 23.0 Å². The number of hydrogen-bond acceptors (Lipinski definition) is 5. The van der Waals surface area contributed by atoms with Crippen LogP contribution in [0.3, 0.4) is 0 Å². The number of methoxy groups -OCH3 is 1. The summed E-state index contributed by atoms with van der Waals surface area (Å²) in [5.41, 5.74) is 2.88. The summed E-state index contributed by atoms with van der Waals surface area (Å²) in [5, 5.41) is 4.96. The minimum absolute atomic E-state index is 0.244. The fourth-order valence-electron chi connectivity index (χ4n) is 3.21. The maximum atomic E-state index is 6.49. The SMILES string of the molecule is COc1cc(CNCc2ccc3c(c2)OCO3)cc(Cl)c1OCc1ccc(Cl)cc1Cl. The molecule has 0 unspecified atom stereocenters. The molecule has 3 aromatic carbocycles. The molecule has 0 atom stereocenters. The fraction of sp³-hybridized carbons (Fsp3) is 0.217. The molecule has 0 radical (unpaired) electrons. The van der Waals surface area contributed by atoms with Crippen LogP contribution in [0.25, 0.3) is 0 Å². The number of benzene rings is 3. The van der Waals surface area contributed by atoms with E-state index in [0.29, 0.717) is 39.7 Å². The predicted octanol–water partition coefficient (Wildman–Crippen LogP) is 6.25. The summed E-state index contributed by atoms with van der Waals surface area (Å²) in [6, 6.07) is 14.9. The van der Waals surface area contributed by atoms with Crippen molar-refractivity contribution in [3.8, 4) is 23.0 Å². The van der Waals surface area contributed by atoms with E-state index >= 15 is 0 Å². The van der Waals surface area contributed by atoms with E-state index in [4.69, 9.17) is 53.8 Å². The van der Waals surface area contributed by atoms with Gasteiger partial charge in [0.05, 0.1) is 12.1 Å². The zero-order valence-corrected chi connectivity index (χ0v) is 19.0. The summed E-state index contributed by atoms with van der Waals surface area (Å²) in [6.07, 6.45) is 0.